The Kier molecular flexibility index (Phi) is 13.6. The third-order valence-electron chi connectivity index (χ3n) is 24.5. The van der Waals surface area contributed by atoms with Gasteiger partial charge >= 0.3 is 0 Å². The lowest BCUT2D eigenvalue weighted by molar-refractivity contribution is 0.660. The summed E-state index contributed by atoms with van der Waals surface area (Å²) < 4.78 is 0. The van der Waals surface area contributed by atoms with Crippen molar-refractivity contribution in [2.24, 2.45) is 0 Å². The van der Waals surface area contributed by atoms with E-state index in [1.54, 1.807) is 0 Å². The van der Waals surface area contributed by atoms with Crippen molar-refractivity contribution in [2.45, 2.75) is 49.4 Å². The predicted molar refractivity (Wildman–Crippen MR) is 439 cm³/mol. The first-order valence-corrected chi connectivity index (χ1v) is 37.4. The average Bonchev–Trinajstić information content (AvgIpc) is 1.50. The van der Waals surface area contributed by atoms with Gasteiger partial charge in [0.2, 0.25) is 0 Å². The van der Waals surface area contributed by atoms with Gasteiger partial charge < -0.3 is 9.80 Å². The van der Waals surface area contributed by atoms with Gasteiger partial charge in [-0.15, -0.1) is 0 Å². The van der Waals surface area contributed by atoms with E-state index in [4.69, 9.17) is 0 Å². The summed E-state index contributed by atoms with van der Waals surface area (Å²) in [6.45, 7) is 9.23. The Morgan fingerprint density at radius 3 is 0.972 bits per heavy atom. The lowest BCUT2D eigenvalue weighted by atomic mass is 9.67. The number of hydrogen-bond acceptors (Lipinski definition) is 2. The highest BCUT2D eigenvalue weighted by atomic mass is 15.2. The van der Waals surface area contributed by atoms with E-state index in [0.29, 0.717) is 0 Å². The van der Waals surface area contributed by atoms with E-state index in [-0.39, 0.29) is 5.41 Å². The fourth-order valence-corrected chi connectivity index (χ4v) is 20.1. The van der Waals surface area contributed by atoms with Crippen molar-refractivity contribution in [1.29, 1.82) is 0 Å². The monoisotopic (exact) mass is 1350 g/mol. The first-order valence-electron chi connectivity index (χ1n) is 37.4. The molecular formula is C104H74N2. The Balaban J connectivity index is 0.733. The van der Waals surface area contributed by atoms with Gasteiger partial charge in [-0.1, -0.05) is 334 Å². The summed E-state index contributed by atoms with van der Waals surface area (Å²) in [5.74, 6) is 0. The predicted octanol–water partition coefficient (Wildman–Crippen LogP) is 26.3. The molecule has 5 aliphatic carbocycles. The van der Waals surface area contributed by atoms with Gasteiger partial charge in [0.05, 0.1) is 21.9 Å². The number of anilines is 6. The van der Waals surface area contributed by atoms with Crippen LogP contribution in [-0.4, -0.2) is 0 Å². The van der Waals surface area contributed by atoms with E-state index in [0.717, 1.165) is 45.3 Å². The van der Waals surface area contributed by atoms with Crippen molar-refractivity contribution >= 4 is 34.1 Å². The topological polar surface area (TPSA) is 6.48 Å². The fourth-order valence-electron chi connectivity index (χ4n) is 20.1. The van der Waals surface area contributed by atoms with Gasteiger partial charge in [0.15, 0.2) is 0 Å². The molecule has 2 nitrogen and oxygen atoms in total. The third-order valence-corrected chi connectivity index (χ3v) is 24.5. The zero-order valence-corrected chi connectivity index (χ0v) is 59.7. The lowest BCUT2D eigenvalue weighted by Gasteiger charge is -2.36. The van der Waals surface area contributed by atoms with E-state index < -0.39 is 16.2 Å². The molecule has 0 aromatic heterocycles. The largest absolute Gasteiger partial charge is 0.310 e. The molecule has 500 valence electrons. The van der Waals surface area contributed by atoms with Crippen LogP contribution in [0.5, 0.6) is 0 Å². The molecule has 0 saturated heterocycles. The van der Waals surface area contributed by atoms with Gasteiger partial charge in [-0.3, -0.25) is 0 Å². The van der Waals surface area contributed by atoms with Crippen LogP contribution in [-0.2, 0) is 21.7 Å². The zero-order valence-electron chi connectivity index (χ0n) is 59.7. The zero-order chi connectivity index (χ0) is 70.6. The standard InChI is InChI=1S/C104H74N2/c1-67-44-57-83-85-59-54-78(65-97(85)102(95(83)62-67,71-26-9-5-10-27-71)72-28-11-6-12-29-72)105(79-55-60-86-84-58-45-68(2)63-96(84)103(98(86)66-79,73-30-13-7-14-31-73)74-32-15-8-16-33-74)75-50-46-69(47-51-75)70-48-52-76(53-49-70)106(99-43-25-42-94-100(99)87-37-20-21-38-89(87)101(94,3)4)77-56-61-93-88(64-77)82-36-19-24-41-92(82)104(93)90-39-22-17-34-80(90)81-35-18-23-40-91(81)104/h5-66H,1-4H3. The minimum atomic E-state index is -0.606. The van der Waals surface area contributed by atoms with Gasteiger partial charge in [-0.05, 0) is 220 Å². The Hall–Kier alpha value is -12.9. The molecule has 0 N–H and O–H groups in total. The second-order valence-corrected chi connectivity index (χ2v) is 30.3. The van der Waals surface area contributed by atoms with E-state index in [9.17, 15) is 0 Å². The molecule has 1 spiro atoms. The van der Waals surface area contributed by atoms with Crippen LogP contribution in [0.25, 0.3) is 66.8 Å². The summed E-state index contributed by atoms with van der Waals surface area (Å²) >= 11 is 0. The van der Waals surface area contributed by atoms with Crippen LogP contribution in [0.2, 0.25) is 0 Å². The molecule has 0 unspecified atom stereocenters. The number of rotatable bonds is 11. The number of hydrogen-bond donors (Lipinski definition) is 0. The minimum absolute atomic E-state index is 0.188. The molecule has 2 heteroatoms. The van der Waals surface area contributed by atoms with Gasteiger partial charge in [0.25, 0.3) is 0 Å². The van der Waals surface area contributed by atoms with Gasteiger partial charge in [-0.25, -0.2) is 0 Å². The summed E-state index contributed by atoms with van der Waals surface area (Å²) in [5.41, 5.74) is 40.4. The van der Waals surface area contributed by atoms with E-state index in [1.165, 1.54) is 145 Å². The van der Waals surface area contributed by atoms with E-state index in [2.05, 4.69) is 414 Å². The van der Waals surface area contributed by atoms with Crippen LogP contribution in [0.15, 0.2) is 376 Å². The van der Waals surface area contributed by atoms with Crippen molar-refractivity contribution in [3.8, 4) is 66.8 Å². The number of benzene rings is 16. The first kappa shape index (κ1) is 61.8. The van der Waals surface area contributed by atoms with Crippen LogP contribution < -0.4 is 9.80 Å². The molecule has 0 fully saturated rings. The second kappa shape index (κ2) is 23.3. The first-order chi connectivity index (χ1) is 52.1. The molecule has 0 radical (unpaired) electrons. The van der Waals surface area contributed by atoms with Crippen LogP contribution in [0, 0.1) is 13.8 Å². The molecule has 0 heterocycles. The smallest absolute Gasteiger partial charge is 0.0725 e. The molecule has 0 saturated carbocycles. The molecule has 0 atom stereocenters. The Labute approximate surface area is 621 Å². The van der Waals surface area contributed by atoms with E-state index in [1.807, 2.05) is 0 Å². The van der Waals surface area contributed by atoms with E-state index >= 15 is 0 Å². The lowest BCUT2D eigenvalue weighted by Crippen LogP contribution is -2.29. The molecule has 5 aliphatic rings. The SMILES string of the molecule is Cc1ccc2c(c1)C(c1ccccc1)(c1ccccc1)c1cc(N(c3ccc(-c4ccc(N(c5ccc6c(c5)-c5ccccc5C65c6ccccc6-c6ccccc65)c5cccc6c5-c5ccccc5C6(C)C)cc4)cc3)c3ccc4c(c3)C(c3ccccc3)(c3ccccc3)c3cc(C)ccc3-4)ccc1-2. The fraction of sp³-hybridized carbons (Fsp3) is 0.0769. The molecule has 16 aromatic carbocycles. The van der Waals surface area contributed by atoms with Gasteiger partial charge in [0, 0.05) is 39.4 Å². The highest BCUT2D eigenvalue weighted by molar-refractivity contribution is 6.00. The van der Waals surface area contributed by atoms with Crippen LogP contribution in [0.1, 0.15) is 103 Å². The molecule has 0 amide bonds. The molecule has 0 bridgehead atoms. The van der Waals surface area contributed by atoms with Crippen molar-refractivity contribution in [3.05, 3.63) is 465 Å². The summed E-state index contributed by atoms with van der Waals surface area (Å²) in [4.78, 5) is 5.06. The highest BCUT2D eigenvalue weighted by Gasteiger charge is 2.53. The second-order valence-electron chi connectivity index (χ2n) is 30.3. The van der Waals surface area contributed by atoms with Gasteiger partial charge in [0.1, 0.15) is 0 Å². The third kappa shape index (κ3) is 8.55. The maximum Gasteiger partial charge on any atom is 0.0725 e. The van der Waals surface area contributed by atoms with Crippen molar-refractivity contribution in [3.63, 3.8) is 0 Å². The maximum atomic E-state index is 2.54. The van der Waals surface area contributed by atoms with Crippen LogP contribution in [0.3, 0.4) is 0 Å². The Bertz CT molecular complexity index is 5930. The summed E-state index contributed by atoms with van der Waals surface area (Å²) in [6, 6.07) is 143. The molecule has 21 rings (SSSR count). The van der Waals surface area contributed by atoms with Crippen molar-refractivity contribution in [2.75, 3.05) is 9.80 Å². The highest BCUT2D eigenvalue weighted by Crippen LogP contribution is 2.65. The average molecular weight is 1350 g/mol. The summed E-state index contributed by atoms with van der Waals surface area (Å²) in [5, 5.41) is 0. The summed E-state index contributed by atoms with van der Waals surface area (Å²) in [6.07, 6.45) is 0. The number of nitrogens with zero attached hydrogens (tertiary/aromatic N) is 2. The quantitative estimate of drug-likeness (QED) is 0.127. The van der Waals surface area contributed by atoms with Crippen molar-refractivity contribution in [1.82, 2.24) is 0 Å². The Morgan fingerprint density at radius 2 is 0.519 bits per heavy atom. The molecule has 106 heavy (non-hydrogen) atoms. The normalized spacial score (nSPS) is 14.5. The van der Waals surface area contributed by atoms with Crippen LogP contribution in [0.4, 0.5) is 34.1 Å². The minimum Gasteiger partial charge on any atom is -0.310 e. The van der Waals surface area contributed by atoms with Crippen molar-refractivity contribution < 1.29 is 0 Å². The molecule has 0 aliphatic heterocycles. The molecule has 16 aromatic rings. The molecular weight excluding hydrogens is 1280 g/mol. The summed E-state index contributed by atoms with van der Waals surface area (Å²) in [7, 11) is 0. The maximum absolute atomic E-state index is 2.54. The Morgan fingerprint density at radius 1 is 0.198 bits per heavy atom. The van der Waals surface area contributed by atoms with Crippen LogP contribution >= 0.6 is 0 Å². The van der Waals surface area contributed by atoms with Gasteiger partial charge in [-0.2, -0.15) is 0 Å². The number of aryl methyl sites for hydroxylation is 2. The number of fused-ring (bicyclic) bond motifs is 19.